The normalized spacial score (nSPS) is 11.6. The fourth-order valence-electron chi connectivity index (χ4n) is 2.47. The number of anilines is 1. The number of aromatic amines is 1. The number of aromatic nitrogens is 2. The van der Waals surface area contributed by atoms with Crippen LogP contribution in [0.5, 0.6) is 5.75 Å². The van der Waals surface area contributed by atoms with Gasteiger partial charge in [0.2, 0.25) is 0 Å². The van der Waals surface area contributed by atoms with Crippen molar-refractivity contribution in [1.29, 1.82) is 0 Å². The molecule has 3 N–H and O–H groups in total. The lowest BCUT2D eigenvalue weighted by Crippen LogP contribution is -2.34. The van der Waals surface area contributed by atoms with Crippen molar-refractivity contribution < 1.29 is 28.2 Å². The molecule has 0 saturated heterocycles. The van der Waals surface area contributed by atoms with Gasteiger partial charge < -0.3 is 29.8 Å². The molecule has 0 spiro atoms. The predicted molar refractivity (Wildman–Crippen MR) is 117 cm³/mol. The van der Waals surface area contributed by atoms with E-state index in [1.807, 2.05) is 12.1 Å². The first-order valence-corrected chi connectivity index (χ1v) is 10.1. The number of amides is 1. The van der Waals surface area contributed by atoms with Gasteiger partial charge in [0, 0.05) is 18.7 Å². The molecule has 1 heterocycles. The number of nitrogens with zero attached hydrogens (tertiary/aromatic N) is 1. The zero-order valence-electron chi connectivity index (χ0n) is 18.7. The number of halogens is 1. The molecule has 0 aliphatic rings. The van der Waals surface area contributed by atoms with E-state index in [1.54, 1.807) is 39.8 Å². The summed E-state index contributed by atoms with van der Waals surface area (Å²) in [6, 6.07) is 7.14. The van der Waals surface area contributed by atoms with E-state index in [0.29, 0.717) is 24.4 Å². The van der Waals surface area contributed by atoms with Crippen LogP contribution >= 0.6 is 0 Å². The predicted octanol–water partition coefficient (Wildman–Crippen LogP) is 3.96. The third-order valence-electron chi connectivity index (χ3n) is 3.94. The Balaban J connectivity index is 1.81. The first kappa shape index (κ1) is 24.7. The Morgan fingerprint density at radius 1 is 1.22 bits per heavy atom. The average molecular weight is 448 g/mol. The number of carbonyl (C=O) groups excluding carboxylic acids is 2. The smallest absolute Gasteiger partial charge is 0.407 e. The summed E-state index contributed by atoms with van der Waals surface area (Å²) in [6.45, 7) is 7.61. The van der Waals surface area contributed by atoms with Gasteiger partial charge in [-0.3, -0.25) is 0 Å². The Morgan fingerprint density at radius 3 is 2.56 bits per heavy atom. The van der Waals surface area contributed by atoms with Crippen LogP contribution in [0.3, 0.4) is 0 Å². The number of hydrogen-bond acceptors (Lipinski definition) is 7. The SMILES string of the molecule is CCOC(=O)c1[nH]cnc1NCc1ccc(OC/C(=C/F)CNC(=O)OC(C)(C)C)cc1. The summed E-state index contributed by atoms with van der Waals surface area (Å²) < 4.78 is 28.8. The number of ether oxygens (including phenoxy) is 3. The largest absolute Gasteiger partial charge is 0.489 e. The lowest BCUT2D eigenvalue weighted by molar-refractivity contribution is 0.0514. The van der Waals surface area contributed by atoms with E-state index < -0.39 is 17.7 Å². The van der Waals surface area contributed by atoms with Gasteiger partial charge in [-0.15, -0.1) is 0 Å². The van der Waals surface area contributed by atoms with Crippen molar-refractivity contribution in [2.45, 2.75) is 39.8 Å². The van der Waals surface area contributed by atoms with Crippen molar-refractivity contribution in [1.82, 2.24) is 15.3 Å². The molecule has 32 heavy (non-hydrogen) atoms. The molecule has 1 aromatic carbocycles. The van der Waals surface area contributed by atoms with Gasteiger partial charge in [0.25, 0.3) is 0 Å². The number of hydrogen-bond donors (Lipinski definition) is 3. The second-order valence-corrected chi connectivity index (χ2v) is 7.76. The van der Waals surface area contributed by atoms with Crippen LogP contribution in [0.4, 0.5) is 15.0 Å². The number of imidazole rings is 1. The summed E-state index contributed by atoms with van der Waals surface area (Å²) in [5.74, 6) is 0.463. The Bertz CT molecular complexity index is 919. The van der Waals surface area contributed by atoms with Crippen molar-refractivity contribution in [2.75, 3.05) is 25.1 Å². The fourth-order valence-corrected chi connectivity index (χ4v) is 2.47. The summed E-state index contributed by atoms with van der Waals surface area (Å²) in [5.41, 5.74) is 0.806. The molecule has 2 aromatic rings. The van der Waals surface area contributed by atoms with E-state index in [0.717, 1.165) is 5.56 Å². The van der Waals surface area contributed by atoms with Gasteiger partial charge in [0.15, 0.2) is 11.5 Å². The van der Waals surface area contributed by atoms with Crippen molar-refractivity contribution in [2.24, 2.45) is 0 Å². The summed E-state index contributed by atoms with van der Waals surface area (Å²) >= 11 is 0. The number of esters is 1. The highest BCUT2D eigenvalue weighted by Crippen LogP contribution is 2.16. The lowest BCUT2D eigenvalue weighted by Gasteiger charge is -2.20. The molecule has 0 unspecified atom stereocenters. The van der Waals surface area contributed by atoms with Crippen LogP contribution in [0, 0.1) is 0 Å². The number of carbonyl (C=O) groups is 2. The first-order valence-electron chi connectivity index (χ1n) is 10.1. The summed E-state index contributed by atoms with van der Waals surface area (Å²) in [6.07, 6.45) is 1.19. The molecule has 0 radical (unpaired) electrons. The highest BCUT2D eigenvalue weighted by atomic mass is 19.1. The monoisotopic (exact) mass is 448 g/mol. The highest BCUT2D eigenvalue weighted by molar-refractivity contribution is 5.92. The van der Waals surface area contributed by atoms with Gasteiger partial charge >= 0.3 is 12.1 Å². The number of H-pyrrole nitrogens is 1. The van der Waals surface area contributed by atoms with E-state index in [4.69, 9.17) is 14.2 Å². The minimum Gasteiger partial charge on any atom is -0.489 e. The molecule has 2 rings (SSSR count). The topological polar surface area (TPSA) is 115 Å². The van der Waals surface area contributed by atoms with Gasteiger partial charge in [-0.25, -0.2) is 19.0 Å². The van der Waals surface area contributed by atoms with E-state index >= 15 is 0 Å². The molecule has 0 fully saturated rings. The van der Waals surface area contributed by atoms with Gasteiger partial charge in [0.05, 0.1) is 19.3 Å². The maximum atomic E-state index is 13.1. The molecule has 9 nitrogen and oxygen atoms in total. The molecule has 1 aromatic heterocycles. The van der Waals surface area contributed by atoms with Crippen molar-refractivity contribution in [3.05, 3.63) is 53.8 Å². The summed E-state index contributed by atoms with van der Waals surface area (Å²) in [7, 11) is 0. The van der Waals surface area contributed by atoms with Crippen LogP contribution in [0.2, 0.25) is 0 Å². The van der Waals surface area contributed by atoms with Crippen LogP contribution in [0.25, 0.3) is 0 Å². The third-order valence-corrected chi connectivity index (χ3v) is 3.94. The van der Waals surface area contributed by atoms with E-state index in [9.17, 15) is 14.0 Å². The Kier molecular flexibility index (Phi) is 9.06. The van der Waals surface area contributed by atoms with E-state index in [1.165, 1.54) is 6.33 Å². The molecule has 10 heteroatoms. The molecule has 0 saturated carbocycles. The van der Waals surface area contributed by atoms with Gasteiger partial charge in [-0.05, 0) is 45.4 Å². The molecule has 0 aliphatic carbocycles. The van der Waals surface area contributed by atoms with Crippen LogP contribution in [0.1, 0.15) is 43.7 Å². The van der Waals surface area contributed by atoms with Crippen molar-refractivity contribution in [3.8, 4) is 5.75 Å². The Morgan fingerprint density at radius 2 is 1.94 bits per heavy atom. The molecule has 0 bridgehead atoms. The molecule has 0 aliphatic heterocycles. The zero-order chi connectivity index (χ0) is 23.6. The number of rotatable bonds is 10. The van der Waals surface area contributed by atoms with E-state index in [2.05, 4.69) is 20.6 Å². The Hall–Kier alpha value is -3.56. The number of nitrogens with one attached hydrogen (secondary N) is 3. The fraction of sp³-hybridized carbons (Fsp3) is 0.409. The first-order chi connectivity index (χ1) is 15.2. The Labute approximate surface area is 186 Å². The zero-order valence-corrected chi connectivity index (χ0v) is 18.7. The van der Waals surface area contributed by atoms with Crippen LogP contribution in [0.15, 0.2) is 42.5 Å². The minimum atomic E-state index is -0.631. The quantitative estimate of drug-likeness (QED) is 0.471. The molecule has 174 valence electrons. The van der Waals surface area contributed by atoms with Gasteiger partial charge in [-0.1, -0.05) is 12.1 Å². The molecular formula is C22H29FN4O5. The number of alkyl carbamates (subject to hydrolysis) is 1. The van der Waals surface area contributed by atoms with Gasteiger partial charge in [-0.2, -0.15) is 0 Å². The molecule has 1 amide bonds. The van der Waals surface area contributed by atoms with Crippen LogP contribution in [-0.4, -0.2) is 47.4 Å². The molecule has 0 atom stereocenters. The second kappa shape index (κ2) is 11.7. The van der Waals surface area contributed by atoms with Crippen LogP contribution < -0.4 is 15.4 Å². The maximum absolute atomic E-state index is 13.1. The minimum absolute atomic E-state index is 0.0277. The van der Waals surface area contributed by atoms with Crippen molar-refractivity contribution >= 4 is 17.9 Å². The summed E-state index contributed by atoms with van der Waals surface area (Å²) in [5, 5.41) is 5.56. The molecular weight excluding hydrogens is 419 g/mol. The maximum Gasteiger partial charge on any atom is 0.407 e. The van der Waals surface area contributed by atoms with Gasteiger partial charge in [0.1, 0.15) is 18.0 Å². The standard InChI is InChI=1S/C22H29FN4O5/c1-5-30-20(28)18-19(27-14-26-18)24-11-15-6-8-17(9-7-15)31-13-16(10-23)12-25-21(29)32-22(2,3)4/h6-10,14,24H,5,11-13H2,1-4H3,(H,25,29)(H,26,27)/b16-10+. The van der Waals surface area contributed by atoms with Crippen molar-refractivity contribution in [3.63, 3.8) is 0 Å². The summed E-state index contributed by atoms with van der Waals surface area (Å²) in [4.78, 5) is 30.4. The third kappa shape index (κ3) is 8.29. The number of benzene rings is 1. The average Bonchev–Trinajstić information content (AvgIpc) is 3.21. The van der Waals surface area contributed by atoms with E-state index in [-0.39, 0.29) is 31.0 Å². The second-order valence-electron chi connectivity index (χ2n) is 7.76. The van der Waals surface area contributed by atoms with Crippen LogP contribution in [-0.2, 0) is 16.0 Å². The lowest BCUT2D eigenvalue weighted by atomic mass is 10.2. The highest BCUT2D eigenvalue weighted by Gasteiger charge is 2.16.